The Morgan fingerprint density at radius 2 is 0.819 bits per heavy atom. The molecular weight excluding hydrogens is 1000 g/mol. The van der Waals surface area contributed by atoms with Crippen LogP contribution in [0.5, 0.6) is 0 Å². The molecule has 0 saturated heterocycles. The Hall–Kier alpha value is -7.04. The van der Waals surface area contributed by atoms with Gasteiger partial charge >= 0.3 is 6.85 Å². The van der Waals surface area contributed by atoms with Crippen LogP contribution in [-0.4, -0.2) is 15.9 Å². The first kappa shape index (κ1) is 56.4. The highest BCUT2D eigenvalue weighted by Gasteiger charge is 2.46. The number of anilines is 3. The minimum atomic E-state index is -0.184. The van der Waals surface area contributed by atoms with Crippen molar-refractivity contribution >= 4 is 67.5 Å². The van der Waals surface area contributed by atoms with Gasteiger partial charge in [0.05, 0.1) is 11.0 Å². The predicted octanol–water partition coefficient (Wildman–Crippen LogP) is 20.9. The lowest BCUT2D eigenvalue weighted by atomic mass is 9.44. The number of fused-ring (bicyclic) bond motifs is 7. The standard InChI is InChI=1S/C79H90BN3/c1-73(2,3)47-48-22-24-50(25-23-48)71-69(49-26-28-51(29-27-49)74(4,5)6)63-43-55(78(16,17)18)42-62-61-41-56(79(19,20)21)44-68-70(61)80(83(71)72(62)63)64-45-60-59-40-54(77(13,14)15)34-39-65(59)81(57-35-30-52(31-36-57)75(7,8)9)66(60)46-67(64)82(68)58-37-32-53(33-38-58)76(10,11)12/h22-46H,47H2,1-21H3. The second-order valence-corrected chi connectivity index (χ2v) is 32.3. The van der Waals surface area contributed by atoms with Crippen LogP contribution < -0.4 is 15.8 Å². The van der Waals surface area contributed by atoms with E-state index in [1.807, 2.05) is 0 Å². The Kier molecular flexibility index (Phi) is 12.7. The molecule has 0 unspecified atom stereocenters. The minimum absolute atomic E-state index is 0.00329. The van der Waals surface area contributed by atoms with Gasteiger partial charge in [0.2, 0.25) is 0 Å². The molecule has 0 aliphatic carbocycles. The van der Waals surface area contributed by atoms with E-state index < -0.39 is 0 Å². The fraction of sp³-hybridized carbons (Fsp3) is 0.367. The van der Waals surface area contributed by atoms with Crippen LogP contribution >= 0.6 is 0 Å². The lowest BCUT2D eigenvalue weighted by Crippen LogP contribution is -2.57. The van der Waals surface area contributed by atoms with Crippen molar-refractivity contribution in [1.29, 1.82) is 0 Å². The second kappa shape index (κ2) is 18.7. The first-order valence-electron chi connectivity index (χ1n) is 30.8. The van der Waals surface area contributed by atoms with Crippen molar-refractivity contribution < 1.29 is 0 Å². The van der Waals surface area contributed by atoms with E-state index in [1.54, 1.807) is 0 Å². The molecule has 0 bridgehead atoms. The number of aromatic nitrogens is 2. The predicted molar refractivity (Wildman–Crippen MR) is 363 cm³/mol. The van der Waals surface area contributed by atoms with E-state index in [0.29, 0.717) is 0 Å². The lowest BCUT2D eigenvalue weighted by Gasteiger charge is -2.42. The van der Waals surface area contributed by atoms with E-state index in [-0.39, 0.29) is 44.8 Å². The molecule has 0 N–H and O–H groups in total. The van der Waals surface area contributed by atoms with Crippen LogP contribution in [0.2, 0.25) is 0 Å². The summed E-state index contributed by atoms with van der Waals surface area (Å²) >= 11 is 0. The number of nitrogens with zero attached hydrogens (tertiary/aromatic N) is 3. The van der Waals surface area contributed by atoms with Gasteiger partial charge in [-0.3, -0.25) is 0 Å². The number of hydrogen-bond donors (Lipinski definition) is 0. The quantitative estimate of drug-likeness (QED) is 0.157. The fourth-order valence-electron chi connectivity index (χ4n) is 13.5. The molecule has 2 aromatic heterocycles. The van der Waals surface area contributed by atoms with Gasteiger partial charge in [0.15, 0.2) is 0 Å². The maximum absolute atomic E-state index is 2.83. The SMILES string of the molecule is CC(C)(C)Cc1ccc(-c2c(-c3ccc(C(C)(C)C)cc3)c3cc(C(C)(C)C)cc4c3n2B2c3cc5c6cc(C(C)(C)C)ccc6n(-c6ccc(C(C)(C)C)cc6)c5cc3N(c3ccc(C(C)(C)C)cc3)c3cc(C(C)(C)C)cc-4c32)cc1. The van der Waals surface area contributed by atoms with E-state index in [2.05, 4.69) is 311 Å². The molecule has 2 aliphatic heterocycles. The fourth-order valence-corrected chi connectivity index (χ4v) is 13.5. The van der Waals surface area contributed by atoms with Gasteiger partial charge in [-0.2, -0.15) is 0 Å². The van der Waals surface area contributed by atoms with Crippen LogP contribution in [0.15, 0.2) is 152 Å². The largest absolute Gasteiger partial charge is 0.375 e. The molecule has 0 spiro atoms. The molecule has 424 valence electrons. The van der Waals surface area contributed by atoms with E-state index in [9.17, 15) is 0 Å². The molecule has 8 aromatic carbocycles. The highest BCUT2D eigenvalue weighted by molar-refractivity contribution is 6.90. The smallest absolute Gasteiger partial charge is 0.333 e. The van der Waals surface area contributed by atoms with Gasteiger partial charge in [-0.25, -0.2) is 0 Å². The van der Waals surface area contributed by atoms with Gasteiger partial charge in [0, 0.05) is 61.2 Å². The summed E-state index contributed by atoms with van der Waals surface area (Å²) in [6, 6.07) is 61.1. The van der Waals surface area contributed by atoms with Crippen molar-refractivity contribution in [3.8, 4) is 39.2 Å². The van der Waals surface area contributed by atoms with E-state index in [4.69, 9.17) is 0 Å². The molecule has 12 rings (SSSR count). The maximum atomic E-state index is 2.83. The topological polar surface area (TPSA) is 13.1 Å². The van der Waals surface area contributed by atoms with Gasteiger partial charge in [0.1, 0.15) is 0 Å². The Morgan fingerprint density at radius 3 is 1.35 bits per heavy atom. The second-order valence-electron chi connectivity index (χ2n) is 32.3. The Bertz CT molecular complexity index is 4200. The van der Waals surface area contributed by atoms with E-state index in [1.165, 1.54) is 139 Å². The molecule has 3 nitrogen and oxygen atoms in total. The summed E-state index contributed by atoms with van der Waals surface area (Å²) in [7, 11) is 0. The number of hydrogen-bond acceptors (Lipinski definition) is 1. The zero-order chi connectivity index (χ0) is 59.6. The molecule has 4 heterocycles. The average molecular weight is 1090 g/mol. The summed E-state index contributed by atoms with van der Waals surface area (Å²) < 4.78 is 5.39. The molecule has 10 aromatic rings. The summed E-state index contributed by atoms with van der Waals surface area (Å²) in [5.41, 5.74) is 28.1. The highest BCUT2D eigenvalue weighted by Crippen LogP contribution is 2.53. The highest BCUT2D eigenvalue weighted by atomic mass is 15.2. The van der Waals surface area contributed by atoms with Crippen molar-refractivity contribution in [1.82, 2.24) is 9.05 Å². The monoisotopic (exact) mass is 1090 g/mol. The van der Waals surface area contributed by atoms with Crippen molar-refractivity contribution in [2.24, 2.45) is 5.41 Å². The van der Waals surface area contributed by atoms with Gasteiger partial charge in [0.25, 0.3) is 0 Å². The molecule has 83 heavy (non-hydrogen) atoms. The third-order valence-corrected chi connectivity index (χ3v) is 18.4. The van der Waals surface area contributed by atoms with E-state index >= 15 is 0 Å². The van der Waals surface area contributed by atoms with Crippen molar-refractivity contribution in [3.05, 3.63) is 191 Å². The summed E-state index contributed by atoms with van der Waals surface area (Å²) in [6.45, 7) is 49.1. The van der Waals surface area contributed by atoms with Crippen LogP contribution in [0.3, 0.4) is 0 Å². The van der Waals surface area contributed by atoms with Gasteiger partial charge in [-0.05, 0) is 172 Å². The van der Waals surface area contributed by atoms with Crippen molar-refractivity contribution in [3.63, 3.8) is 0 Å². The number of benzene rings is 8. The molecule has 4 heteroatoms. The first-order valence-corrected chi connectivity index (χ1v) is 30.8. The summed E-state index contributed by atoms with van der Waals surface area (Å²) in [4.78, 5) is 2.66. The molecule has 0 saturated carbocycles. The van der Waals surface area contributed by atoms with Gasteiger partial charge in [-0.15, -0.1) is 0 Å². The lowest BCUT2D eigenvalue weighted by molar-refractivity contribution is 0.411. The normalized spacial score (nSPS) is 14.1. The first-order chi connectivity index (χ1) is 38.6. The van der Waals surface area contributed by atoms with Crippen LogP contribution in [0.4, 0.5) is 17.1 Å². The van der Waals surface area contributed by atoms with Gasteiger partial charge < -0.3 is 13.9 Å². The Balaban J connectivity index is 1.29. The summed E-state index contributed by atoms with van der Waals surface area (Å²) in [5.74, 6) is 0. The summed E-state index contributed by atoms with van der Waals surface area (Å²) in [6.07, 6.45) is 1.01. The van der Waals surface area contributed by atoms with Gasteiger partial charge in [-0.1, -0.05) is 236 Å². The third kappa shape index (κ3) is 9.69. The Labute approximate surface area is 498 Å². The molecule has 0 atom stereocenters. The van der Waals surface area contributed by atoms with Crippen molar-refractivity contribution in [2.75, 3.05) is 4.90 Å². The Morgan fingerprint density at radius 1 is 0.361 bits per heavy atom. The molecule has 0 fully saturated rings. The van der Waals surface area contributed by atoms with Crippen LogP contribution in [-0.2, 0) is 38.9 Å². The minimum Gasteiger partial charge on any atom is -0.375 e. The molecule has 2 aliphatic rings. The molecular formula is C79H90BN3. The van der Waals surface area contributed by atoms with Crippen LogP contribution in [0.1, 0.15) is 184 Å². The van der Waals surface area contributed by atoms with Crippen LogP contribution in [0.25, 0.3) is 71.9 Å². The zero-order valence-corrected chi connectivity index (χ0v) is 54.1. The van der Waals surface area contributed by atoms with E-state index in [0.717, 1.165) is 6.42 Å². The van der Waals surface area contributed by atoms with Crippen LogP contribution in [0, 0.1) is 5.41 Å². The van der Waals surface area contributed by atoms with Crippen molar-refractivity contribution in [2.45, 2.75) is 184 Å². The molecule has 0 radical (unpaired) electrons. The average Bonchev–Trinajstić information content (AvgIpc) is 1.67. The molecule has 0 amide bonds. The maximum Gasteiger partial charge on any atom is 0.333 e. The third-order valence-electron chi connectivity index (χ3n) is 18.4. The zero-order valence-electron chi connectivity index (χ0n) is 54.1. The summed E-state index contributed by atoms with van der Waals surface area (Å²) in [5, 5.41) is 3.86. The number of rotatable bonds is 5.